The predicted molar refractivity (Wildman–Crippen MR) is 90.5 cm³/mol. The first-order valence-corrected chi connectivity index (χ1v) is 8.01. The Bertz CT molecular complexity index is 676. The van der Waals surface area contributed by atoms with Crippen molar-refractivity contribution in [3.8, 4) is 11.5 Å². The van der Waals surface area contributed by atoms with Crippen LogP contribution in [0.25, 0.3) is 0 Å². The maximum atomic E-state index is 10.9. The SMILES string of the molecule is COc1ccc(C2Cc3cc(OC)ccc3C2CCC=O)cc1. The first kappa shape index (κ1) is 15.6. The summed E-state index contributed by atoms with van der Waals surface area (Å²) in [5.41, 5.74) is 3.99. The molecular weight excluding hydrogens is 288 g/mol. The van der Waals surface area contributed by atoms with Gasteiger partial charge in [-0.1, -0.05) is 18.2 Å². The van der Waals surface area contributed by atoms with Crippen molar-refractivity contribution in [2.75, 3.05) is 14.2 Å². The van der Waals surface area contributed by atoms with Gasteiger partial charge in [-0.25, -0.2) is 0 Å². The maximum Gasteiger partial charge on any atom is 0.120 e. The zero-order valence-electron chi connectivity index (χ0n) is 13.6. The molecule has 2 aromatic rings. The van der Waals surface area contributed by atoms with E-state index >= 15 is 0 Å². The Morgan fingerprint density at radius 2 is 1.74 bits per heavy atom. The fraction of sp³-hybridized carbons (Fsp3) is 0.350. The highest BCUT2D eigenvalue weighted by Gasteiger charge is 2.33. The molecule has 2 atom stereocenters. The highest BCUT2D eigenvalue weighted by molar-refractivity contribution is 5.51. The fourth-order valence-corrected chi connectivity index (χ4v) is 3.65. The van der Waals surface area contributed by atoms with Crippen LogP contribution >= 0.6 is 0 Å². The molecule has 0 spiro atoms. The normalized spacial score (nSPS) is 19.2. The highest BCUT2D eigenvalue weighted by atomic mass is 16.5. The molecule has 0 fully saturated rings. The zero-order chi connectivity index (χ0) is 16.2. The molecule has 0 bridgehead atoms. The van der Waals surface area contributed by atoms with Gasteiger partial charge in [-0.3, -0.25) is 0 Å². The number of hydrogen-bond acceptors (Lipinski definition) is 3. The summed E-state index contributed by atoms with van der Waals surface area (Å²) in [6.07, 6.45) is 3.50. The molecule has 2 unspecified atom stereocenters. The molecule has 2 aromatic carbocycles. The highest BCUT2D eigenvalue weighted by Crippen LogP contribution is 2.47. The van der Waals surface area contributed by atoms with Gasteiger partial charge in [-0.2, -0.15) is 0 Å². The van der Waals surface area contributed by atoms with E-state index in [0.717, 1.165) is 30.6 Å². The van der Waals surface area contributed by atoms with Crippen molar-refractivity contribution in [1.29, 1.82) is 0 Å². The van der Waals surface area contributed by atoms with Gasteiger partial charge in [-0.15, -0.1) is 0 Å². The van der Waals surface area contributed by atoms with Gasteiger partial charge in [0, 0.05) is 6.42 Å². The number of methoxy groups -OCH3 is 2. The Hall–Kier alpha value is -2.29. The topological polar surface area (TPSA) is 35.5 Å². The van der Waals surface area contributed by atoms with E-state index in [0.29, 0.717) is 18.3 Å². The summed E-state index contributed by atoms with van der Waals surface area (Å²) < 4.78 is 10.6. The number of aldehydes is 1. The third-order valence-corrected chi connectivity index (χ3v) is 4.81. The number of carbonyl (C=O) groups excluding carboxylic acids is 1. The molecule has 23 heavy (non-hydrogen) atoms. The molecule has 1 aliphatic carbocycles. The Kier molecular flexibility index (Phi) is 4.65. The predicted octanol–water partition coefficient (Wildman–Crippen LogP) is 4.11. The van der Waals surface area contributed by atoms with Crippen molar-refractivity contribution in [3.63, 3.8) is 0 Å². The molecule has 0 aliphatic heterocycles. The molecule has 0 amide bonds. The second kappa shape index (κ2) is 6.86. The van der Waals surface area contributed by atoms with E-state index in [2.05, 4.69) is 24.3 Å². The van der Waals surface area contributed by atoms with Crippen molar-refractivity contribution >= 4 is 6.29 Å². The average Bonchev–Trinajstić information content (AvgIpc) is 2.97. The Labute approximate surface area is 137 Å². The van der Waals surface area contributed by atoms with Gasteiger partial charge in [0.2, 0.25) is 0 Å². The Morgan fingerprint density at radius 1 is 1.04 bits per heavy atom. The van der Waals surface area contributed by atoms with Gasteiger partial charge >= 0.3 is 0 Å². The lowest BCUT2D eigenvalue weighted by Crippen LogP contribution is -2.06. The minimum absolute atomic E-state index is 0.384. The van der Waals surface area contributed by atoms with Gasteiger partial charge < -0.3 is 14.3 Å². The third-order valence-electron chi connectivity index (χ3n) is 4.81. The van der Waals surface area contributed by atoms with Crippen LogP contribution in [-0.4, -0.2) is 20.5 Å². The van der Waals surface area contributed by atoms with Crippen molar-refractivity contribution in [3.05, 3.63) is 59.2 Å². The lowest BCUT2D eigenvalue weighted by Gasteiger charge is -2.20. The summed E-state index contributed by atoms with van der Waals surface area (Å²) in [6, 6.07) is 14.6. The molecule has 3 nitrogen and oxygen atoms in total. The molecule has 0 saturated carbocycles. The molecule has 3 heteroatoms. The minimum Gasteiger partial charge on any atom is -0.497 e. The van der Waals surface area contributed by atoms with E-state index in [-0.39, 0.29) is 0 Å². The average molecular weight is 310 g/mol. The van der Waals surface area contributed by atoms with Crippen LogP contribution in [0, 0.1) is 0 Å². The first-order chi connectivity index (χ1) is 11.3. The molecule has 0 heterocycles. The number of rotatable bonds is 6. The van der Waals surface area contributed by atoms with Crippen molar-refractivity contribution in [2.45, 2.75) is 31.1 Å². The number of hydrogen-bond donors (Lipinski definition) is 0. The molecule has 1 aliphatic rings. The summed E-state index contributed by atoms with van der Waals surface area (Å²) in [5.74, 6) is 2.56. The van der Waals surface area contributed by atoms with Crippen LogP contribution in [0.15, 0.2) is 42.5 Å². The van der Waals surface area contributed by atoms with E-state index in [1.807, 2.05) is 18.2 Å². The van der Waals surface area contributed by atoms with Crippen LogP contribution in [0.5, 0.6) is 11.5 Å². The van der Waals surface area contributed by atoms with Crippen molar-refractivity contribution < 1.29 is 14.3 Å². The summed E-state index contributed by atoms with van der Waals surface area (Å²) in [5, 5.41) is 0. The first-order valence-electron chi connectivity index (χ1n) is 8.01. The van der Waals surface area contributed by atoms with Crippen LogP contribution in [-0.2, 0) is 11.2 Å². The number of benzene rings is 2. The van der Waals surface area contributed by atoms with Gasteiger partial charge in [0.15, 0.2) is 0 Å². The van der Waals surface area contributed by atoms with Crippen LogP contribution in [0.4, 0.5) is 0 Å². The van der Waals surface area contributed by atoms with Crippen LogP contribution < -0.4 is 9.47 Å². The minimum atomic E-state index is 0.384. The summed E-state index contributed by atoms with van der Waals surface area (Å²) >= 11 is 0. The molecule has 0 saturated heterocycles. The monoisotopic (exact) mass is 310 g/mol. The lowest BCUT2D eigenvalue weighted by molar-refractivity contribution is -0.108. The van der Waals surface area contributed by atoms with Crippen molar-refractivity contribution in [1.82, 2.24) is 0 Å². The molecule has 0 N–H and O–H groups in total. The smallest absolute Gasteiger partial charge is 0.120 e. The van der Waals surface area contributed by atoms with E-state index in [1.165, 1.54) is 16.7 Å². The van der Waals surface area contributed by atoms with Crippen LogP contribution in [0.3, 0.4) is 0 Å². The van der Waals surface area contributed by atoms with E-state index in [9.17, 15) is 4.79 Å². The quantitative estimate of drug-likeness (QED) is 0.753. The zero-order valence-corrected chi connectivity index (χ0v) is 13.6. The van der Waals surface area contributed by atoms with E-state index in [1.54, 1.807) is 14.2 Å². The second-order valence-electron chi connectivity index (χ2n) is 6.00. The largest absolute Gasteiger partial charge is 0.497 e. The molecule has 0 radical (unpaired) electrons. The van der Waals surface area contributed by atoms with Crippen LogP contribution in [0.2, 0.25) is 0 Å². The summed E-state index contributed by atoms with van der Waals surface area (Å²) in [7, 11) is 3.38. The van der Waals surface area contributed by atoms with Crippen molar-refractivity contribution in [2.24, 2.45) is 0 Å². The Morgan fingerprint density at radius 3 is 2.39 bits per heavy atom. The lowest BCUT2D eigenvalue weighted by atomic mass is 9.84. The van der Waals surface area contributed by atoms with Crippen LogP contribution in [0.1, 0.15) is 41.4 Å². The summed E-state index contributed by atoms with van der Waals surface area (Å²) in [4.78, 5) is 10.9. The van der Waals surface area contributed by atoms with Gasteiger partial charge in [0.05, 0.1) is 14.2 Å². The maximum absolute atomic E-state index is 10.9. The van der Waals surface area contributed by atoms with E-state index < -0.39 is 0 Å². The van der Waals surface area contributed by atoms with Gasteiger partial charge in [0.1, 0.15) is 17.8 Å². The van der Waals surface area contributed by atoms with Gasteiger partial charge in [0.25, 0.3) is 0 Å². The van der Waals surface area contributed by atoms with E-state index in [4.69, 9.17) is 9.47 Å². The second-order valence-corrected chi connectivity index (χ2v) is 6.00. The third kappa shape index (κ3) is 3.09. The number of ether oxygens (including phenoxy) is 2. The van der Waals surface area contributed by atoms with Gasteiger partial charge in [-0.05, 0) is 65.6 Å². The number of carbonyl (C=O) groups is 1. The summed E-state index contributed by atoms with van der Waals surface area (Å²) in [6.45, 7) is 0. The number of fused-ring (bicyclic) bond motifs is 1. The fourth-order valence-electron chi connectivity index (χ4n) is 3.65. The standard InChI is InChI=1S/C20H22O3/c1-22-16-7-5-14(6-8-16)20-13-15-12-17(23-2)9-10-18(15)19(20)4-3-11-21/h5-12,19-20H,3-4,13H2,1-2H3. The molecule has 120 valence electrons. The molecule has 3 rings (SSSR count). The Balaban J connectivity index is 1.93. The molecule has 0 aromatic heterocycles. The molecular formula is C20H22O3.